The van der Waals surface area contributed by atoms with Gasteiger partial charge in [0.25, 0.3) is 0 Å². The van der Waals surface area contributed by atoms with Crippen molar-refractivity contribution in [1.29, 1.82) is 0 Å². The molecule has 0 aliphatic heterocycles. The molecule has 0 aliphatic carbocycles. The first-order valence-electron chi connectivity index (χ1n) is 8.36. The Morgan fingerprint density at radius 2 is 1.47 bits per heavy atom. The summed E-state index contributed by atoms with van der Waals surface area (Å²) >= 11 is 4.35. The molecule has 0 aromatic carbocycles. The zero-order valence-electron chi connectivity index (χ0n) is 13.7. The minimum Gasteiger partial charge on any atom is -0.162 e. The van der Waals surface area contributed by atoms with E-state index in [0.717, 1.165) is 11.2 Å². The van der Waals surface area contributed by atoms with Gasteiger partial charge in [0, 0.05) is 5.25 Å². The summed E-state index contributed by atoms with van der Waals surface area (Å²) in [7, 11) is 0. The molecule has 0 nitrogen and oxygen atoms in total. The molecular weight excluding hydrogens is 268 g/mol. The van der Waals surface area contributed by atoms with Gasteiger partial charge in [-0.1, -0.05) is 59.8 Å². The molecule has 0 N–H and O–H groups in total. The molecule has 0 aromatic heterocycles. The van der Waals surface area contributed by atoms with Crippen molar-refractivity contribution in [3.05, 3.63) is 0 Å². The summed E-state index contributed by atoms with van der Waals surface area (Å²) < 4.78 is 0. The van der Waals surface area contributed by atoms with Crippen LogP contribution in [0, 0.1) is 5.92 Å². The summed E-state index contributed by atoms with van der Waals surface area (Å²) in [5.41, 5.74) is 0. The van der Waals surface area contributed by atoms with Gasteiger partial charge in [0.1, 0.15) is 0 Å². The molecule has 2 heteroatoms. The van der Waals surface area contributed by atoms with Crippen molar-refractivity contribution in [3.8, 4) is 0 Å². The minimum atomic E-state index is 0.865. The number of unbranched alkanes of at least 4 members (excludes halogenated alkanes) is 4. The molecule has 0 radical (unpaired) electrons. The van der Waals surface area contributed by atoms with E-state index >= 15 is 0 Å². The molecule has 116 valence electrons. The predicted molar refractivity (Wildman–Crippen MR) is 96.7 cm³/mol. The van der Waals surface area contributed by atoms with Gasteiger partial charge < -0.3 is 0 Å². The van der Waals surface area contributed by atoms with Crippen molar-refractivity contribution in [2.24, 2.45) is 5.92 Å². The van der Waals surface area contributed by atoms with E-state index < -0.39 is 0 Å². The fourth-order valence-electron chi connectivity index (χ4n) is 2.02. The van der Waals surface area contributed by atoms with Crippen molar-refractivity contribution in [1.82, 2.24) is 0 Å². The van der Waals surface area contributed by atoms with E-state index in [2.05, 4.69) is 51.2 Å². The van der Waals surface area contributed by atoms with E-state index in [1.807, 2.05) is 0 Å². The van der Waals surface area contributed by atoms with Crippen LogP contribution >= 0.6 is 23.5 Å². The molecule has 0 heterocycles. The maximum Gasteiger partial charge on any atom is 0.00265 e. The maximum atomic E-state index is 2.41. The number of rotatable bonds is 14. The highest BCUT2D eigenvalue weighted by Gasteiger charge is 2.02. The molecule has 0 saturated heterocycles. The van der Waals surface area contributed by atoms with Crippen LogP contribution in [0.1, 0.15) is 79.1 Å². The van der Waals surface area contributed by atoms with E-state index in [1.54, 1.807) is 0 Å². The second kappa shape index (κ2) is 15.1. The van der Waals surface area contributed by atoms with E-state index in [1.165, 1.54) is 68.6 Å². The van der Waals surface area contributed by atoms with Crippen molar-refractivity contribution in [2.45, 2.75) is 84.3 Å². The molecule has 0 aliphatic rings. The molecule has 1 atom stereocenters. The monoisotopic (exact) mass is 304 g/mol. The second-order valence-electron chi connectivity index (χ2n) is 6.03. The molecule has 0 amide bonds. The van der Waals surface area contributed by atoms with Gasteiger partial charge >= 0.3 is 0 Å². The molecule has 0 bridgehead atoms. The smallest absolute Gasteiger partial charge is 0.00265 e. The lowest BCUT2D eigenvalue weighted by Gasteiger charge is -2.11. The average molecular weight is 305 g/mol. The summed E-state index contributed by atoms with van der Waals surface area (Å²) in [5.74, 6) is 4.99. The highest BCUT2D eigenvalue weighted by molar-refractivity contribution is 8.00. The fourth-order valence-corrected chi connectivity index (χ4v) is 4.32. The van der Waals surface area contributed by atoms with Crippen LogP contribution in [-0.2, 0) is 0 Å². The summed E-state index contributed by atoms with van der Waals surface area (Å²) in [6.07, 6.45) is 11.3. The van der Waals surface area contributed by atoms with Gasteiger partial charge in [-0.05, 0) is 42.4 Å². The Morgan fingerprint density at radius 3 is 2.16 bits per heavy atom. The number of hydrogen-bond acceptors (Lipinski definition) is 2. The fraction of sp³-hybridized carbons (Fsp3) is 1.00. The lowest BCUT2D eigenvalue weighted by Crippen LogP contribution is -2.00. The molecular formula is C17H36S2. The molecule has 0 spiro atoms. The van der Waals surface area contributed by atoms with Gasteiger partial charge in [-0.2, -0.15) is 23.5 Å². The van der Waals surface area contributed by atoms with Gasteiger partial charge in [-0.15, -0.1) is 0 Å². The van der Waals surface area contributed by atoms with Gasteiger partial charge in [0.2, 0.25) is 0 Å². The Bertz CT molecular complexity index is 169. The van der Waals surface area contributed by atoms with E-state index in [9.17, 15) is 0 Å². The number of hydrogen-bond donors (Lipinski definition) is 0. The summed E-state index contributed by atoms with van der Waals surface area (Å²) in [4.78, 5) is 0. The van der Waals surface area contributed by atoms with E-state index in [0.29, 0.717) is 0 Å². The third-order valence-electron chi connectivity index (χ3n) is 3.39. The van der Waals surface area contributed by atoms with Crippen LogP contribution in [0.2, 0.25) is 0 Å². The Hall–Kier alpha value is 0.700. The van der Waals surface area contributed by atoms with Crippen LogP contribution in [0.15, 0.2) is 0 Å². The summed E-state index contributed by atoms with van der Waals surface area (Å²) in [5, 5.41) is 0.865. The van der Waals surface area contributed by atoms with Crippen molar-refractivity contribution < 1.29 is 0 Å². The van der Waals surface area contributed by atoms with Gasteiger partial charge in [-0.3, -0.25) is 0 Å². The zero-order chi connectivity index (χ0) is 14.3. The quantitative estimate of drug-likeness (QED) is 0.330. The maximum absolute atomic E-state index is 2.41. The Balaban J connectivity index is 3.14. The van der Waals surface area contributed by atoms with Crippen LogP contribution in [-0.4, -0.2) is 22.5 Å². The SMILES string of the molecule is CCCCCCCSC(C)CCSCCCC(C)C. The van der Waals surface area contributed by atoms with E-state index in [4.69, 9.17) is 0 Å². The molecule has 1 unspecified atom stereocenters. The number of thioether (sulfide) groups is 2. The minimum absolute atomic E-state index is 0.865. The molecule has 0 saturated carbocycles. The Labute approximate surface area is 131 Å². The lowest BCUT2D eigenvalue weighted by atomic mass is 10.1. The molecule has 19 heavy (non-hydrogen) atoms. The Morgan fingerprint density at radius 1 is 0.737 bits per heavy atom. The molecule has 0 rings (SSSR count). The van der Waals surface area contributed by atoms with E-state index in [-0.39, 0.29) is 0 Å². The molecule has 0 fully saturated rings. The van der Waals surface area contributed by atoms with Crippen molar-refractivity contribution in [3.63, 3.8) is 0 Å². The first kappa shape index (κ1) is 19.7. The van der Waals surface area contributed by atoms with Gasteiger partial charge in [0.15, 0.2) is 0 Å². The van der Waals surface area contributed by atoms with Gasteiger partial charge in [-0.25, -0.2) is 0 Å². The van der Waals surface area contributed by atoms with Crippen LogP contribution in [0.5, 0.6) is 0 Å². The standard InChI is InChI=1S/C17H36S2/c1-5-6-7-8-9-14-19-17(4)12-15-18-13-10-11-16(2)3/h16-17H,5-15H2,1-4H3. The summed E-state index contributed by atoms with van der Waals surface area (Å²) in [6.45, 7) is 9.34. The van der Waals surface area contributed by atoms with Crippen molar-refractivity contribution in [2.75, 3.05) is 17.3 Å². The van der Waals surface area contributed by atoms with Crippen LogP contribution in [0.3, 0.4) is 0 Å². The highest BCUT2D eigenvalue weighted by Crippen LogP contribution is 2.19. The highest BCUT2D eigenvalue weighted by atomic mass is 32.2. The normalized spacial score (nSPS) is 13.1. The largest absolute Gasteiger partial charge is 0.162 e. The van der Waals surface area contributed by atoms with Crippen LogP contribution in [0.4, 0.5) is 0 Å². The topological polar surface area (TPSA) is 0 Å². The lowest BCUT2D eigenvalue weighted by molar-refractivity contribution is 0.579. The first-order chi connectivity index (χ1) is 9.16. The Kier molecular flexibility index (Phi) is 15.7. The third kappa shape index (κ3) is 16.6. The third-order valence-corrected chi connectivity index (χ3v) is 5.82. The average Bonchev–Trinajstić information content (AvgIpc) is 2.37. The summed E-state index contributed by atoms with van der Waals surface area (Å²) in [6, 6.07) is 0. The van der Waals surface area contributed by atoms with Crippen LogP contribution < -0.4 is 0 Å². The van der Waals surface area contributed by atoms with Crippen LogP contribution in [0.25, 0.3) is 0 Å². The first-order valence-corrected chi connectivity index (χ1v) is 10.6. The zero-order valence-corrected chi connectivity index (χ0v) is 15.4. The van der Waals surface area contributed by atoms with Crippen molar-refractivity contribution >= 4 is 23.5 Å². The van der Waals surface area contributed by atoms with Gasteiger partial charge in [0.05, 0.1) is 0 Å². The second-order valence-corrected chi connectivity index (χ2v) is 8.80. The predicted octanol–water partition coefficient (Wildman–Crippen LogP) is 6.64. The molecule has 0 aromatic rings.